The maximum Gasteiger partial charge on any atom is 0.326 e. The highest BCUT2D eigenvalue weighted by atomic mass is 16.5. The number of nitrogens with zero attached hydrogens (tertiary/aromatic N) is 1. The number of aliphatic hydroxyl groups excluding tert-OH is 1. The number of hydrogen-bond acceptors (Lipinski definition) is 6. The molecule has 0 radical (unpaired) electrons. The molecule has 0 bridgehead atoms. The van der Waals surface area contributed by atoms with Gasteiger partial charge in [-0.15, -0.1) is 0 Å². The third kappa shape index (κ3) is 4.71. The zero-order valence-electron chi connectivity index (χ0n) is 14.3. The summed E-state index contributed by atoms with van der Waals surface area (Å²) in [5.74, 6) is -1.22. The Labute approximate surface area is 146 Å². The molecule has 0 saturated carbocycles. The molecule has 0 spiro atoms. The molecule has 0 aliphatic carbocycles. The van der Waals surface area contributed by atoms with Gasteiger partial charge < -0.3 is 20.1 Å². The lowest BCUT2D eigenvalue weighted by atomic mass is 10.00. The van der Waals surface area contributed by atoms with Crippen molar-refractivity contribution in [2.75, 3.05) is 20.7 Å². The molecular weight excluding hydrogens is 322 g/mol. The summed E-state index contributed by atoms with van der Waals surface area (Å²) >= 11 is 0. The van der Waals surface area contributed by atoms with E-state index >= 15 is 0 Å². The van der Waals surface area contributed by atoms with Crippen molar-refractivity contribution in [3.05, 3.63) is 59.7 Å². The quantitative estimate of drug-likeness (QED) is 0.524. The average molecular weight is 345 g/mol. The van der Waals surface area contributed by atoms with Gasteiger partial charge in [0.15, 0.2) is 11.5 Å². The zero-order chi connectivity index (χ0) is 18.4. The topological polar surface area (TPSA) is 90.2 Å². The molecule has 2 aromatic carbocycles. The van der Waals surface area contributed by atoms with E-state index in [4.69, 9.17) is 4.74 Å². The van der Waals surface area contributed by atoms with E-state index in [0.29, 0.717) is 18.5 Å². The Hall–Kier alpha value is -2.57. The maximum atomic E-state index is 12.2. The highest BCUT2D eigenvalue weighted by Crippen LogP contribution is 2.30. The van der Waals surface area contributed by atoms with Crippen molar-refractivity contribution in [1.29, 1.82) is 0 Å². The Bertz CT molecular complexity index is 704. The molecule has 0 aliphatic heterocycles. The van der Waals surface area contributed by atoms with Crippen LogP contribution in [0.4, 0.5) is 0 Å². The number of rotatable bonds is 7. The number of carbonyl (C=O) groups excluding carboxylic acids is 1. The minimum atomic E-state index is -1.21. The van der Waals surface area contributed by atoms with E-state index in [1.165, 1.54) is 25.3 Å². The van der Waals surface area contributed by atoms with Gasteiger partial charge in [-0.1, -0.05) is 36.4 Å². The first-order valence-electron chi connectivity index (χ1n) is 7.96. The highest BCUT2D eigenvalue weighted by molar-refractivity contribution is 5.76. The molecule has 6 heteroatoms. The first-order valence-corrected chi connectivity index (χ1v) is 7.96. The largest absolute Gasteiger partial charge is 0.504 e. The van der Waals surface area contributed by atoms with Gasteiger partial charge in [-0.05, 0) is 36.7 Å². The van der Waals surface area contributed by atoms with Crippen LogP contribution in [-0.4, -0.2) is 52.9 Å². The molecule has 0 amide bonds. The Morgan fingerprint density at radius 2 is 1.80 bits per heavy atom. The van der Waals surface area contributed by atoms with Crippen molar-refractivity contribution in [1.82, 2.24) is 4.90 Å². The molecule has 0 fully saturated rings. The second-order valence-corrected chi connectivity index (χ2v) is 5.88. The lowest BCUT2D eigenvalue weighted by Crippen LogP contribution is -2.44. The van der Waals surface area contributed by atoms with E-state index in [2.05, 4.69) is 0 Å². The van der Waals surface area contributed by atoms with Gasteiger partial charge in [-0.3, -0.25) is 9.69 Å². The van der Waals surface area contributed by atoms with Crippen LogP contribution in [0.5, 0.6) is 11.5 Å². The van der Waals surface area contributed by atoms with Crippen LogP contribution >= 0.6 is 0 Å². The molecule has 3 N–H and O–H groups in total. The van der Waals surface area contributed by atoms with E-state index in [0.717, 1.165) is 5.56 Å². The lowest BCUT2D eigenvalue weighted by Gasteiger charge is -2.30. The number of aromatic hydroxyl groups is 2. The van der Waals surface area contributed by atoms with Gasteiger partial charge in [0, 0.05) is 6.54 Å². The Morgan fingerprint density at radius 1 is 1.12 bits per heavy atom. The van der Waals surface area contributed by atoms with Crippen molar-refractivity contribution >= 4 is 5.97 Å². The molecule has 0 heterocycles. The fourth-order valence-corrected chi connectivity index (χ4v) is 2.67. The number of likely N-dealkylation sites (N-methyl/N-ethyl adjacent to an activating group) is 1. The molecule has 134 valence electrons. The molecule has 0 aromatic heterocycles. The number of phenols is 2. The van der Waals surface area contributed by atoms with Gasteiger partial charge in [-0.25, -0.2) is 0 Å². The van der Waals surface area contributed by atoms with Gasteiger partial charge in [-0.2, -0.15) is 0 Å². The number of hydrogen-bond donors (Lipinski definition) is 3. The lowest BCUT2D eigenvalue weighted by molar-refractivity contribution is -0.151. The summed E-state index contributed by atoms with van der Waals surface area (Å²) in [7, 11) is 3.00. The molecule has 2 aromatic rings. The van der Waals surface area contributed by atoms with Gasteiger partial charge in [0.05, 0.1) is 7.11 Å². The van der Waals surface area contributed by atoms with E-state index in [1.807, 2.05) is 30.3 Å². The van der Waals surface area contributed by atoms with Gasteiger partial charge >= 0.3 is 5.97 Å². The Kier molecular flexibility index (Phi) is 6.38. The summed E-state index contributed by atoms with van der Waals surface area (Å²) < 4.78 is 4.83. The van der Waals surface area contributed by atoms with Crippen molar-refractivity contribution in [3.8, 4) is 11.5 Å². The zero-order valence-corrected chi connectivity index (χ0v) is 14.3. The van der Waals surface area contributed by atoms with Crippen molar-refractivity contribution in [3.63, 3.8) is 0 Å². The van der Waals surface area contributed by atoms with Crippen molar-refractivity contribution < 1.29 is 24.9 Å². The number of aliphatic hydroxyl groups is 1. The average Bonchev–Trinajstić information content (AvgIpc) is 2.63. The number of benzene rings is 2. The Morgan fingerprint density at radius 3 is 2.40 bits per heavy atom. The predicted molar refractivity (Wildman–Crippen MR) is 93.3 cm³/mol. The second kappa shape index (κ2) is 8.50. The molecule has 0 aliphatic rings. The van der Waals surface area contributed by atoms with E-state index in [-0.39, 0.29) is 11.5 Å². The summed E-state index contributed by atoms with van der Waals surface area (Å²) in [6.07, 6.45) is -0.502. The van der Waals surface area contributed by atoms with Gasteiger partial charge in [0.2, 0.25) is 0 Å². The third-order valence-corrected chi connectivity index (χ3v) is 4.15. The van der Waals surface area contributed by atoms with Crippen LogP contribution in [-0.2, 0) is 16.0 Å². The van der Waals surface area contributed by atoms with Gasteiger partial charge in [0.25, 0.3) is 0 Å². The van der Waals surface area contributed by atoms with Crippen LogP contribution in [0.1, 0.15) is 17.2 Å². The molecule has 1 unspecified atom stereocenters. The SMILES string of the molecule is COC(=O)[C@H](C(O)c1ccc(O)c(O)c1)N(C)CCc1ccccc1. The highest BCUT2D eigenvalue weighted by Gasteiger charge is 2.33. The summed E-state index contributed by atoms with van der Waals surface area (Å²) in [6, 6.07) is 12.9. The third-order valence-electron chi connectivity index (χ3n) is 4.15. The number of phenolic OH excluding ortho intramolecular Hbond substituents is 2. The summed E-state index contributed by atoms with van der Waals surface area (Å²) in [4.78, 5) is 13.9. The molecule has 25 heavy (non-hydrogen) atoms. The fourth-order valence-electron chi connectivity index (χ4n) is 2.67. The predicted octanol–water partition coefficient (Wildman–Crippen LogP) is 1.85. The Balaban J connectivity index is 2.16. The van der Waals surface area contributed by atoms with Crippen LogP contribution in [0.25, 0.3) is 0 Å². The van der Waals surface area contributed by atoms with Crippen LogP contribution in [0.2, 0.25) is 0 Å². The van der Waals surface area contributed by atoms with E-state index in [9.17, 15) is 20.1 Å². The molecule has 2 rings (SSSR count). The van der Waals surface area contributed by atoms with Crippen molar-refractivity contribution in [2.45, 2.75) is 18.6 Å². The summed E-state index contributed by atoms with van der Waals surface area (Å²) in [5, 5.41) is 29.7. The standard InChI is InChI=1S/C19H23NO5/c1-20(11-10-13-6-4-3-5-7-13)17(19(24)25-2)18(23)14-8-9-15(21)16(22)12-14/h3-9,12,17-18,21-23H,10-11H2,1-2H3/t17-,18?/m0/s1. The van der Waals surface area contributed by atoms with Crippen LogP contribution < -0.4 is 0 Å². The second-order valence-electron chi connectivity index (χ2n) is 5.88. The van der Waals surface area contributed by atoms with Crippen molar-refractivity contribution in [2.24, 2.45) is 0 Å². The summed E-state index contributed by atoms with van der Waals surface area (Å²) in [6.45, 7) is 0.533. The minimum absolute atomic E-state index is 0.289. The number of carbonyl (C=O) groups is 1. The van der Waals surface area contributed by atoms with Crippen LogP contribution in [0.15, 0.2) is 48.5 Å². The normalized spacial score (nSPS) is 13.4. The van der Waals surface area contributed by atoms with Gasteiger partial charge in [0.1, 0.15) is 12.1 Å². The van der Waals surface area contributed by atoms with Crippen LogP contribution in [0.3, 0.4) is 0 Å². The molecule has 2 atom stereocenters. The smallest absolute Gasteiger partial charge is 0.326 e. The number of ether oxygens (including phenoxy) is 1. The molecule has 6 nitrogen and oxygen atoms in total. The first kappa shape index (κ1) is 18.8. The minimum Gasteiger partial charge on any atom is -0.504 e. The fraction of sp³-hybridized carbons (Fsp3) is 0.316. The number of esters is 1. The summed E-state index contributed by atoms with van der Waals surface area (Å²) in [5.41, 5.74) is 1.44. The first-order chi connectivity index (χ1) is 11.9. The van der Waals surface area contributed by atoms with E-state index in [1.54, 1.807) is 11.9 Å². The molecule has 0 saturated heterocycles. The maximum absolute atomic E-state index is 12.2. The molecular formula is C19H23NO5. The van der Waals surface area contributed by atoms with E-state index < -0.39 is 18.1 Å². The monoisotopic (exact) mass is 345 g/mol. The van der Waals surface area contributed by atoms with Crippen LogP contribution in [0, 0.1) is 0 Å². The number of methoxy groups -OCH3 is 1.